The normalized spacial score (nSPS) is 13.5. The third kappa shape index (κ3) is 5.34. The molecule has 0 spiro atoms. The second kappa shape index (κ2) is 9.85. The van der Waals surface area contributed by atoms with Gasteiger partial charge in [-0.25, -0.2) is 0 Å². The SMILES string of the molecule is CC[C@@H](Cc1ccsc1)Nc1c(NC[C@@H](Cc2ccccc2)N(C)C)c(=O)c1=O. The van der Waals surface area contributed by atoms with Gasteiger partial charge in [0, 0.05) is 18.6 Å². The molecule has 0 saturated carbocycles. The van der Waals surface area contributed by atoms with Crippen LogP contribution in [0.25, 0.3) is 0 Å². The molecule has 2 aromatic carbocycles. The average Bonchev–Trinajstić information content (AvgIpc) is 3.24. The summed E-state index contributed by atoms with van der Waals surface area (Å²) >= 11 is 1.67. The van der Waals surface area contributed by atoms with E-state index in [4.69, 9.17) is 0 Å². The molecule has 3 aromatic rings. The standard InChI is InChI=1S/C23H29N3O2S/c1-4-18(12-17-10-11-29-15-17)25-21-20(22(27)23(21)28)24-14-19(26(2)3)13-16-8-6-5-7-9-16/h5-11,15,18-19,24-25H,4,12-14H2,1-3H3/t18-,19+/m0/s1. The van der Waals surface area contributed by atoms with Gasteiger partial charge in [0.2, 0.25) is 0 Å². The molecule has 5 nitrogen and oxygen atoms in total. The van der Waals surface area contributed by atoms with E-state index in [2.05, 4.69) is 51.4 Å². The predicted molar refractivity (Wildman–Crippen MR) is 123 cm³/mol. The van der Waals surface area contributed by atoms with Crippen molar-refractivity contribution in [3.8, 4) is 0 Å². The van der Waals surface area contributed by atoms with Crippen molar-refractivity contribution in [2.75, 3.05) is 31.3 Å². The van der Waals surface area contributed by atoms with Crippen LogP contribution in [0.1, 0.15) is 24.5 Å². The van der Waals surface area contributed by atoms with Crippen LogP contribution in [-0.2, 0) is 12.8 Å². The minimum absolute atomic E-state index is 0.127. The van der Waals surface area contributed by atoms with E-state index in [0.717, 1.165) is 19.3 Å². The highest BCUT2D eigenvalue weighted by molar-refractivity contribution is 7.07. The number of nitrogens with zero attached hydrogens (tertiary/aromatic N) is 1. The number of thiophene rings is 1. The van der Waals surface area contributed by atoms with Gasteiger partial charge in [0.25, 0.3) is 10.9 Å². The third-order valence-corrected chi connectivity index (χ3v) is 6.10. The highest BCUT2D eigenvalue weighted by Gasteiger charge is 2.24. The lowest BCUT2D eigenvalue weighted by Gasteiger charge is -2.27. The van der Waals surface area contributed by atoms with Crippen molar-refractivity contribution in [1.82, 2.24) is 4.90 Å². The molecule has 0 aliphatic heterocycles. The van der Waals surface area contributed by atoms with Gasteiger partial charge in [-0.15, -0.1) is 0 Å². The molecule has 0 unspecified atom stereocenters. The van der Waals surface area contributed by atoms with Gasteiger partial charge in [0.05, 0.1) is 0 Å². The molecule has 0 aliphatic rings. The molecule has 0 fully saturated rings. The van der Waals surface area contributed by atoms with Gasteiger partial charge in [-0.05, 0) is 61.3 Å². The highest BCUT2D eigenvalue weighted by Crippen LogP contribution is 2.20. The predicted octanol–water partition coefficient (Wildman–Crippen LogP) is 3.36. The Hall–Kier alpha value is -2.44. The molecule has 154 valence electrons. The Morgan fingerprint density at radius 1 is 0.966 bits per heavy atom. The van der Waals surface area contributed by atoms with Gasteiger partial charge in [0.15, 0.2) is 0 Å². The molecular formula is C23H29N3O2S. The maximum absolute atomic E-state index is 12.2. The summed E-state index contributed by atoms with van der Waals surface area (Å²) < 4.78 is 0. The van der Waals surface area contributed by atoms with Crippen LogP contribution in [0.5, 0.6) is 0 Å². The molecule has 1 aromatic heterocycles. The second-order valence-corrected chi connectivity index (χ2v) is 8.46. The molecule has 6 heteroatoms. The van der Waals surface area contributed by atoms with Crippen LogP contribution in [0, 0.1) is 0 Å². The molecule has 2 atom stereocenters. The fourth-order valence-corrected chi connectivity index (χ4v) is 4.12. The number of likely N-dealkylation sites (N-methyl/N-ethyl adjacent to an activating group) is 1. The summed E-state index contributed by atoms with van der Waals surface area (Å²) in [5.41, 5.74) is 2.53. The minimum atomic E-state index is -0.421. The van der Waals surface area contributed by atoms with Crippen LogP contribution in [0.15, 0.2) is 56.7 Å². The van der Waals surface area contributed by atoms with Crippen LogP contribution in [-0.4, -0.2) is 37.6 Å². The zero-order chi connectivity index (χ0) is 20.8. The Kier molecular flexibility index (Phi) is 7.23. The largest absolute Gasteiger partial charge is 0.378 e. The van der Waals surface area contributed by atoms with Crippen molar-refractivity contribution in [2.24, 2.45) is 0 Å². The van der Waals surface area contributed by atoms with Crippen molar-refractivity contribution in [2.45, 2.75) is 38.3 Å². The van der Waals surface area contributed by atoms with Gasteiger partial charge in [-0.3, -0.25) is 9.59 Å². The summed E-state index contributed by atoms with van der Waals surface area (Å²) in [6.07, 6.45) is 2.59. The van der Waals surface area contributed by atoms with Gasteiger partial charge >= 0.3 is 0 Å². The van der Waals surface area contributed by atoms with Crippen LogP contribution in [0.2, 0.25) is 0 Å². The van der Waals surface area contributed by atoms with Crippen LogP contribution >= 0.6 is 11.3 Å². The molecule has 0 aliphatic carbocycles. The van der Waals surface area contributed by atoms with E-state index in [-0.39, 0.29) is 12.1 Å². The summed E-state index contributed by atoms with van der Waals surface area (Å²) in [6, 6.07) is 12.7. The fourth-order valence-electron chi connectivity index (χ4n) is 3.44. The second-order valence-electron chi connectivity index (χ2n) is 7.68. The maximum atomic E-state index is 12.2. The highest BCUT2D eigenvalue weighted by atomic mass is 32.1. The Morgan fingerprint density at radius 3 is 2.31 bits per heavy atom. The first-order chi connectivity index (χ1) is 14.0. The summed E-state index contributed by atoms with van der Waals surface area (Å²) in [6.45, 7) is 2.69. The first kappa shape index (κ1) is 21.3. The molecule has 3 rings (SSSR count). The molecule has 0 saturated heterocycles. The summed E-state index contributed by atoms with van der Waals surface area (Å²) in [5, 5.41) is 10.7. The van der Waals surface area contributed by atoms with E-state index < -0.39 is 10.9 Å². The Labute approximate surface area is 176 Å². The van der Waals surface area contributed by atoms with E-state index in [1.807, 2.05) is 32.3 Å². The third-order valence-electron chi connectivity index (χ3n) is 5.37. The molecule has 1 heterocycles. The van der Waals surface area contributed by atoms with Crippen molar-refractivity contribution in [1.29, 1.82) is 0 Å². The minimum Gasteiger partial charge on any atom is -0.378 e. The van der Waals surface area contributed by atoms with Crippen LogP contribution in [0.3, 0.4) is 0 Å². The van der Waals surface area contributed by atoms with Gasteiger partial charge in [-0.1, -0.05) is 37.3 Å². The number of nitrogens with one attached hydrogen (secondary N) is 2. The number of rotatable bonds is 11. The molecular weight excluding hydrogens is 382 g/mol. The van der Waals surface area contributed by atoms with Crippen LogP contribution < -0.4 is 21.5 Å². The molecule has 2 N–H and O–H groups in total. The zero-order valence-corrected chi connectivity index (χ0v) is 18.1. The summed E-state index contributed by atoms with van der Waals surface area (Å²) in [7, 11) is 4.06. The molecule has 29 heavy (non-hydrogen) atoms. The number of anilines is 2. The molecule has 0 radical (unpaired) electrons. The zero-order valence-electron chi connectivity index (χ0n) is 17.3. The monoisotopic (exact) mass is 411 g/mol. The average molecular weight is 412 g/mol. The fraction of sp³-hybridized carbons (Fsp3) is 0.391. The Morgan fingerprint density at radius 2 is 1.69 bits per heavy atom. The maximum Gasteiger partial charge on any atom is 0.253 e. The smallest absolute Gasteiger partial charge is 0.253 e. The molecule has 0 bridgehead atoms. The summed E-state index contributed by atoms with van der Waals surface area (Å²) in [4.78, 5) is 26.5. The number of hydrogen-bond acceptors (Lipinski definition) is 6. The van der Waals surface area contributed by atoms with Crippen molar-refractivity contribution < 1.29 is 0 Å². The Bertz CT molecular complexity index is 960. The lowest BCUT2D eigenvalue weighted by Crippen LogP contribution is -2.43. The van der Waals surface area contributed by atoms with Crippen molar-refractivity contribution in [3.05, 3.63) is 78.7 Å². The van der Waals surface area contributed by atoms with Crippen LogP contribution in [0.4, 0.5) is 11.4 Å². The topological polar surface area (TPSA) is 61.4 Å². The van der Waals surface area contributed by atoms with Gasteiger partial charge in [-0.2, -0.15) is 11.3 Å². The lowest BCUT2D eigenvalue weighted by atomic mass is 10.0. The van der Waals surface area contributed by atoms with E-state index >= 15 is 0 Å². The first-order valence-corrected chi connectivity index (χ1v) is 11.0. The number of benzene rings is 1. The number of hydrogen-bond donors (Lipinski definition) is 2. The molecule has 0 amide bonds. The van der Waals surface area contributed by atoms with Gasteiger partial charge < -0.3 is 15.5 Å². The van der Waals surface area contributed by atoms with Gasteiger partial charge in [0.1, 0.15) is 11.4 Å². The summed E-state index contributed by atoms with van der Waals surface area (Å²) in [5.74, 6) is 0. The Balaban J connectivity index is 1.65. The lowest BCUT2D eigenvalue weighted by molar-refractivity contribution is 0.303. The van der Waals surface area contributed by atoms with Crippen molar-refractivity contribution in [3.63, 3.8) is 0 Å². The van der Waals surface area contributed by atoms with E-state index in [1.54, 1.807) is 11.3 Å². The van der Waals surface area contributed by atoms with E-state index in [0.29, 0.717) is 17.9 Å². The van der Waals surface area contributed by atoms with E-state index in [9.17, 15) is 9.59 Å². The van der Waals surface area contributed by atoms with Crippen molar-refractivity contribution >= 4 is 22.7 Å². The quantitative estimate of drug-likeness (QED) is 0.474. The van der Waals surface area contributed by atoms with E-state index in [1.165, 1.54) is 11.1 Å². The first-order valence-electron chi connectivity index (χ1n) is 10.0.